The number of aliphatic hydroxyl groups is 1. The fraction of sp³-hybridized carbons (Fsp3) is 0.429. The number of hydrogen-bond donors (Lipinski definition) is 2. The number of nitrogens with zero attached hydrogens (tertiary/aromatic N) is 2. The summed E-state index contributed by atoms with van der Waals surface area (Å²) in [6.45, 7) is 1.32. The van der Waals surface area contributed by atoms with Gasteiger partial charge in [0.15, 0.2) is 11.4 Å². The second-order valence-electron chi connectivity index (χ2n) is 5.24. The summed E-state index contributed by atoms with van der Waals surface area (Å²) in [6, 6.07) is 5.28. The van der Waals surface area contributed by atoms with Crippen LogP contribution in [0, 0.1) is 0 Å². The van der Waals surface area contributed by atoms with Crippen molar-refractivity contribution in [1.82, 2.24) is 15.5 Å². The zero-order valence-electron chi connectivity index (χ0n) is 11.3. The minimum absolute atomic E-state index is 0.259. The minimum atomic E-state index is -1.08. The fourth-order valence-corrected chi connectivity index (χ4v) is 2.90. The number of rotatable bonds is 3. The van der Waals surface area contributed by atoms with Crippen LogP contribution in [0.5, 0.6) is 0 Å². The van der Waals surface area contributed by atoms with Crippen molar-refractivity contribution in [2.75, 3.05) is 13.1 Å². The Hall–Kier alpha value is -1.14. The molecule has 112 valence electrons. The van der Waals surface area contributed by atoms with E-state index in [0.29, 0.717) is 35.3 Å². The second-order valence-corrected chi connectivity index (χ2v) is 6.08. The standard InChI is InChI=1S/C14H15Cl2N3O2/c15-10-3-2-9(11(16)7-10)6-12-18-13(21-19-12)14(20)4-1-5-17-8-14/h2-3,7,17,20H,1,4-6,8H2. The molecule has 0 radical (unpaired) electrons. The second kappa shape index (κ2) is 5.93. The highest BCUT2D eigenvalue weighted by atomic mass is 35.5. The van der Waals surface area contributed by atoms with Gasteiger partial charge in [-0.25, -0.2) is 0 Å². The van der Waals surface area contributed by atoms with Crippen molar-refractivity contribution in [3.63, 3.8) is 0 Å². The topological polar surface area (TPSA) is 71.2 Å². The first kappa shape index (κ1) is 14.8. The lowest BCUT2D eigenvalue weighted by molar-refractivity contribution is -0.0167. The van der Waals surface area contributed by atoms with Gasteiger partial charge in [0.1, 0.15) is 0 Å². The van der Waals surface area contributed by atoms with Crippen molar-refractivity contribution in [3.8, 4) is 0 Å². The zero-order valence-corrected chi connectivity index (χ0v) is 12.8. The normalized spacial score (nSPS) is 22.4. The monoisotopic (exact) mass is 327 g/mol. The first-order valence-corrected chi connectivity index (χ1v) is 7.52. The molecule has 7 heteroatoms. The molecule has 3 rings (SSSR count). The molecule has 1 aromatic heterocycles. The molecule has 21 heavy (non-hydrogen) atoms. The van der Waals surface area contributed by atoms with Crippen molar-refractivity contribution >= 4 is 23.2 Å². The first-order valence-electron chi connectivity index (χ1n) is 6.77. The molecule has 2 aromatic rings. The van der Waals surface area contributed by atoms with Crippen LogP contribution in [-0.4, -0.2) is 28.3 Å². The van der Waals surface area contributed by atoms with Gasteiger partial charge < -0.3 is 14.9 Å². The Kier molecular flexibility index (Phi) is 4.17. The molecular weight excluding hydrogens is 313 g/mol. The molecule has 1 saturated heterocycles. The molecule has 0 amide bonds. The Bertz CT molecular complexity index is 639. The van der Waals surface area contributed by atoms with Gasteiger partial charge in [0, 0.05) is 23.0 Å². The molecule has 0 bridgehead atoms. The number of aromatic nitrogens is 2. The van der Waals surface area contributed by atoms with Gasteiger partial charge in [-0.3, -0.25) is 0 Å². The van der Waals surface area contributed by atoms with E-state index in [1.165, 1.54) is 0 Å². The molecule has 0 aliphatic carbocycles. The van der Waals surface area contributed by atoms with Crippen molar-refractivity contribution in [1.29, 1.82) is 0 Å². The zero-order chi connectivity index (χ0) is 14.9. The number of β-amino-alcohol motifs (C(OH)–C–C–N with tert-alkyl or cyclic N) is 1. The molecule has 1 aliphatic rings. The molecule has 2 heterocycles. The summed E-state index contributed by atoms with van der Waals surface area (Å²) >= 11 is 12.0. The summed E-state index contributed by atoms with van der Waals surface area (Å²) in [4.78, 5) is 4.31. The number of hydrogen-bond acceptors (Lipinski definition) is 5. The van der Waals surface area contributed by atoms with Crippen LogP contribution in [0.25, 0.3) is 0 Å². The quantitative estimate of drug-likeness (QED) is 0.906. The number of halogens is 2. The molecule has 1 unspecified atom stereocenters. The van der Waals surface area contributed by atoms with Crippen LogP contribution < -0.4 is 5.32 Å². The van der Waals surface area contributed by atoms with Crippen LogP contribution in [0.4, 0.5) is 0 Å². The molecule has 2 N–H and O–H groups in total. The third-order valence-corrected chi connectivity index (χ3v) is 4.18. The Morgan fingerprint density at radius 1 is 1.38 bits per heavy atom. The van der Waals surface area contributed by atoms with Crippen molar-refractivity contribution in [2.24, 2.45) is 0 Å². The highest BCUT2D eigenvalue weighted by Gasteiger charge is 2.37. The molecular formula is C14H15Cl2N3O2. The van der Waals surface area contributed by atoms with E-state index in [-0.39, 0.29) is 5.89 Å². The lowest BCUT2D eigenvalue weighted by Gasteiger charge is -2.28. The van der Waals surface area contributed by atoms with E-state index in [9.17, 15) is 5.11 Å². The highest BCUT2D eigenvalue weighted by Crippen LogP contribution is 2.28. The van der Waals surface area contributed by atoms with Crippen molar-refractivity contribution in [2.45, 2.75) is 24.9 Å². The van der Waals surface area contributed by atoms with Crippen molar-refractivity contribution < 1.29 is 9.63 Å². The van der Waals surface area contributed by atoms with Gasteiger partial charge >= 0.3 is 0 Å². The van der Waals surface area contributed by atoms with Crippen LogP contribution in [0.1, 0.15) is 30.1 Å². The third kappa shape index (κ3) is 3.21. The molecule has 0 spiro atoms. The summed E-state index contributed by atoms with van der Waals surface area (Å²) in [7, 11) is 0. The predicted molar refractivity (Wildman–Crippen MR) is 79.6 cm³/mol. The third-order valence-electron chi connectivity index (χ3n) is 3.59. The van der Waals surface area contributed by atoms with E-state index in [1.807, 2.05) is 6.07 Å². The van der Waals surface area contributed by atoms with Crippen LogP contribution >= 0.6 is 23.2 Å². The summed E-state index contributed by atoms with van der Waals surface area (Å²) in [5.74, 6) is 0.753. The molecule has 1 atom stereocenters. The van der Waals surface area contributed by atoms with Crippen LogP contribution in [-0.2, 0) is 12.0 Å². The van der Waals surface area contributed by atoms with E-state index in [2.05, 4.69) is 15.5 Å². The highest BCUT2D eigenvalue weighted by molar-refractivity contribution is 6.35. The van der Waals surface area contributed by atoms with Crippen LogP contribution in [0.3, 0.4) is 0 Å². The molecule has 1 aliphatic heterocycles. The largest absolute Gasteiger partial charge is 0.379 e. The van der Waals surface area contributed by atoms with E-state index < -0.39 is 5.60 Å². The van der Waals surface area contributed by atoms with Crippen molar-refractivity contribution in [3.05, 3.63) is 45.5 Å². The number of piperidine rings is 1. The lowest BCUT2D eigenvalue weighted by atomic mass is 9.94. The van der Waals surface area contributed by atoms with E-state index in [4.69, 9.17) is 27.7 Å². The number of benzene rings is 1. The van der Waals surface area contributed by atoms with Crippen LogP contribution in [0.15, 0.2) is 22.7 Å². The first-order chi connectivity index (χ1) is 10.1. The summed E-state index contributed by atoms with van der Waals surface area (Å²) in [5.41, 5.74) is -0.213. The smallest absolute Gasteiger partial charge is 0.259 e. The molecule has 0 saturated carbocycles. The maximum absolute atomic E-state index is 10.5. The van der Waals surface area contributed by atoms with Crippen LogP contribution in [0.2, 0.25) is 10.0 Å². The van der Waals surface area contributed by atoms with E-state index >= 15 is 0 Å². The fourth-order valence-electron chi connectivity index (χ4n) is 2.42. The van der Waals surface area contributed by atoms with Gasteiger partial charge in [-0.1, -0.05) is 34.4 Å². The Labute approximate surface area is 132 Å². The van der Waals surface area contributed by atoms with Gasteiger partial charge in [-0.05, 0) is 37.1 Å². The van der Waals surface area contributed by atoms with Gasteiger partial charge in [0.05, 0.1) is 0 Å². The minimum Gasteiger partial charge on any atom is -0.379 e. The summed E-state index contributed by atoms with van der Waals surface area (Å²) in [6.07, 6.45) is 1.92. The van der Waals surface area contributed by atoms with Gasteiger partial charge in [0.2, 0.25) is 0 Å². The van der Waals surface area contributed by atoms with Gasteiger partial charge in [0.25, 0.3) is 5.89 Å². The van der Waals surface area contributed by atoms with E-state index in [0.717, 1.165) is 18.5 Å². The average Bonchev–Trinajstić information content (AvgIpc) is 2.92. The Morgan fingerprint density at radius 3 is 2.95 bits per heavy atom. The molecule has 1 fully saturated rings. The Morgan fingerprint density at radius 2 is 2.24 bits per heavy atom. The predicted octanol–water partition coefficient (Wildman–Crippen LogP) is 2.54. The van der Waals surface area contributed by atoms with Gasteiger partial charge in [-0.15, -0.1) is 0 Å². The Balaban J connectivity index is 1.78. The maximum Gasteiger partial charge on any atom is 0.259 e. The molecule has 1 aromatic carbocycles. The average molecular weight is 328 g/mol. The van der Waals surface area contributed by atoms with Gasteiger partial charge in [-0.2, -0.15) is 4.98 Å². The maximum atomic E-state index is 10.5. The summed E-state index contributed by atoms with van der Waals surface area (Å²) in [5, 5.41) is 18.7. The lowest BCUT2D eigenvalue weighted by Crippen LogP contribution is -2.43. The number of nitrogens with one attached hydrogen (secondary N) is 1. The molecule has 5 nitrogen and oxygen atoms in total. The SMILES string of the molecule is OC1(c2nc(Cc3ccc(Cl)cc3Cl)no2)CCCNC1. The van der Waals surface area contributed by atoms with E-state index in [1.54, 1.807) is 12.1 Å². The summed E-state index contributed by atoms with van der Waals surface area (Å²) < 4.78 is 5.22.